The minimum Gasteiger partial charge on any atom is -0.497 e. The second-order valence-electron chi connectivity index (χ2n) is 4.89. The fourth-order valence-electron chi connectivity index (χ4n) is 1.74. The van der Waals surface area contributed by atoms with Gasteiger partial charge in [0.25, 0.3) is 0 Å². The van der Waals surface area contributed by atoms with E-state index in [0.29, 0.717) is 11.3 Å². The number of hydrogen-bond acceptors (Lipinski definition) is 5. The Hall–Kier alpha value is -1.15. The predicted octanol–water partition coefficient (Wildman–Crippen LogP) is 0.679. The van der Waals surface area contributed by atoms with E-state index >= 15 is 0 Å². The first-order valence-electron chi connectivity index (χ1n) is 6.07. The van der Waals surface area contributed by atoms with Crippen molar-refractivity contribution in [2.24, 2.45) is 0 Å². The molecule has 6 nitrogen and oxygen atoms in total. The third kappa shape index (κ3) is 4.45. The van der Waals surface area contributed by atoms with Crippen molar-refractivity contribution in [3.8, 4) is 5.75 Å². The molecule has 0 radical (unpaired) electrons. The van der Waals surface area contributed by atoms with Crippen LogP contribution in [0.5, 0.6) is 5.75 Å². The van der Waals surface area contributed by atoms with Gasteiger partial charge in [0.2, 0.25) is 10.0 Å². The van der Waals surface area contributed by atoms with Gasteiger partial charge in [-0.15, -0.1) is 0 Å². The lowest BCUT2D eigenvalue weighted by Crippen LogP contribution is -2.43. The highest BCUT2D eigenvalue weighted by Gasteiger charge is 2.25. The zero-order valence-electron chi connectivity index (χ0n) is 12.1. The van der Waals surface area contributed by atoms with Gasteiger partial charge in [-0.3, -0.25) is 0 Å². The van der Waals surface area contributed by atoms with Crippen LogP contribution in [0.1, 0.15) is 12.5 Å². The maximum atomic E-state index is 12.2. The summed E-state index contributed by atoms with van der Waals surface area (Å²) in [5.74, 6) is 0.591. The van der Waals surface area contributed by atoms with Crippen LogP contribution in [0.2, 0.25) is 0 Å². The largest absolute Gasteiger partial charge is 0.497 e. The molecule has 2 N–H and O–H groups in total. The summed E-state index contributed by atoms with van der Waals surface area (Å²) in [4.78, 5) is 0.159. The molecule has 0 saturated heterocycles. The van der Waals surface area contributed by atoms with Gasteiger partial charge in [-0.2, -0.15) is 0 Å². The number of rotatable bonds is 7. The maximum Gasteiger partial charge on any atom is 0.240 e. The number of sulfonamides is 1. The van der Waals surface area contributed by atoms with E-state index in [1.165, 1.54) is 27.2 Å². The standard InChI is InChI=1S/C13H21NO5S/c1-10-7-11(19-4)5-6-12(10)20(16,17)14-8-13(2,15)9-18-3/h5-7,14-15H,8-9H2,1-4H3. The van der Waals surface area contributed by atoms with Crippen LogP contribution in [0.25, 0.3) is 0 Å². The van der Waals surface area contributed by atoms with Gasteiger partial charge in [0.05, 0.1) is 24.2 Å². The van der Waals surface area contributed by atoms with Gasteiger partial charge >= 0.3 is 0 Å². The molecular formula is C13H21NO5S. The van der Waals surface area contributed by atoms with E-state index in [2.05, 4.69) is 4.72 Å². The zero-order valence-corrected chi connectivity index (χ0v) is 13.0. The van der Waals surface area contributed by atoms with E-state index in [0.717, 1.165) is 0 Å². The molecule has 1 aromatic rings. The average Bonchev–Trinajstić information content (AvgIpc) is 2.36. The molecule has 7 heteroatoms. The van der Waals surface area contributed by atoms with Crippen LogP contribution in [0.15, 0.2) is 23.1 Å². The van der Waals surface area contributed by atoms with Gasteiger partial charge in [0.1, 0.15) is 5.75 Å². The average molecular weight is 303 g/mol. The van der Waals surface area contributed by atoms with Crippen LogP contribution >= 0.6 is 0 Å². The van der Waals surface area contributed by atoms with Crippen LogP contribution < -0.4 is 9.46 Å². The molecule has 1 aromatic carbocycles. The van der Waals surface area contributed by atoms with E-state index in [1.54, 1.807) is 19.1 Å². The fraction of sp³-hybridized carbons (Fsp3) is 0.538. The number of aryl methyl sites for hydroxylation is 1. The van der Waals surface area contributed by atoms with Crippen LogP contribution in [0.3, 0.4) is 0 Å². The number of hydrogen-bond donors (Lipinski definition) is 2. The summed E-state index contributed by atoms with van der Waals surface area (Å²) < 4.78 is 36.6. The summed E-state index contributed by atoms with van der Waals surface area (Å²) in [6.45, 7) is 3.09. The Labute approximate surface area is 119 Å². The van der Waals surface area contributed by atoms with Crippen molar-refractivity contribution in [2.75, 3.05) is 27.4 Å². The lowest BCUT2D eigenvalue weighted by molar-refractivity contribution is -0.0119. The maximum absolute atomic E-state index is 12.2. The number of ether oxygens (including phenoxy) is 2. The lowest BCUT2D eigenvalue weighted by Gasteiger charge is -2.22. The molecule has 0 aliphatic carbocycles. The first-order chi connectivity index (χ1) is 9.22. The van der Waals surface area contributed by atoms with Gasteiger partial charge in [-0.25, -0.2) is 13.1 Å². The SMILES string of the molecule is COCC(C)(O)CNS(=O)(=O)c1ccc(OC)cc1C. The van der Waals surface area contributed by atoms with Gasteiger partial charge in [-0.05, 0) is 37.6 Å². The Bertz CT molecular complexity index is 554. The molecule has 0 aromatic heterocycles. The Kier molecular flexibility index (Phi) is 5.52. The Balaban J connectivity index is 2.89. The molecule has 20 heavy (non-hydrogen) atoms. The number of aliphatic hydroxyl groups is 1. The highest BCUT2D eigenvalue weighted by molar-refractivity contribution is 7.89. The Morgan fingerprint density at radius 2 is 2.00 bits per heavy atom. The molecule has 0 fully saturated rings. The van der Waals surface area contributed by atoms with E-state index in [9.17, 15) is 13.5 Å². The van der Waals surface area contributed by atoms with Crippen LogP contribution in [-0.2, 0) is 14.8 Å². The highest BCUT2D eigenvalue weighted by Crippen LogP contribution is 2.21. The quantitative estimate of drug-likeness (QED) is 0.774. The van der Waals surface area contributed by atoms with Crippen molar-refractivity contribution in [3.05, 3.63) is 23.8 Å². The summed E-state index contributed by atoms with van der Waals surface area (Å²) in [6.07, 6.45) is 0. The Morgan fingerprint density at radius 1 is 1.35 bits per heavy atom. The molecule has 0 aliphatic heterocycles. The third-order valence-corrected chi connectivity index (χ3v) is 4.33. The van der Waals surface area contributed by atoms with Crippen molar-refractivity contribution in [2.45, 2.75) is 24.3 Å². The number of benzene rings is 1. The molecule has 0 aliphatic rings. The minimum atomic E-state index is -3.69. The van der Waals surface area contributed by atoms with E-state index in [1.807, 2.05) is 0 Å². The first kappa shape index (κ1) is 16.9. The zero-order chi connectivity index (χ0) is 15.4. The van der Waals surface area contributed by atoms with Crippen molar-refractivity contribution in [1.29, 1.82) is 0 Å². The van der Waals surface area contributed by atoms with Crippen molar-refractivity contribution in [3.63, 3.8) is 0 Å². The molecule has 1 atom stereocenters. The second kappa shape index (κ2) is 6.53. The Morgan fingerprint density at radius 3 is 2.50 bits per heavy atom. The molecule has 0 spiro atoms. The second-order valence-corrected chi connectivity index (χ2v) is 6.62. The highest BCUT2D eigenvalue weighted by atomic mass is 32.2. The third-order valence-electron chi connectivity index (χ3n) is 2.77. The summed E-state index contributed by atoms with van der Waals surface area (Å²) in [6, 6.07) is 4.69. The summed E-state index contributed by atoms with van der Waals surface area (Å²) in [7, 11) is -0.730. The monoisotopic (exact) mass is 303 g/mol. The van der Waals surface area contributed by atoms with Crippen LogP contribution in [0.4, 0.5) is 0 Å². The van der Waals surface area contributed by atoms with E-state index in [-0.39, 0.29) is 18.0 Å². The first-order valence-corrected chi connectivity index (χ1v) is 7.56. The number of methoxy groups -OCH3 is 2. The van der Waals surface area contributed by atoms with Crippen LogP contribution in [0, 0.1) is 6.92 Å². The van der Waals surface area contributed by atoms with Crippen molar-refractivity contribution < 1.29 is 23.0 Å². The minimum absolute atomic E-state index is 0.0388. The smallest absolute Gasteiger partial charge is 0.240 e. The fourth-order valence-corrected chi connectivity index (χ4v) is 3.13. The van der Waals surface area contributed by atoms with Gasteiger partial charge in [0, 0.05) is 13.7 Å². The molecule has 114 valence electrons. The van der Waals surface area contributed by atoms with Crippen LogP contribution in [-0.4, -0.2) is 46.5 Å². The molecule has 0 heterocycles. The van der Waals surface area contributed by atoms with Crippen molar-refractivity contribution in [1.82, 2.24) is 4.72 Å². The van der Waals surface area contributed by atoms with E-state index in [4.69, 9.17) is 9.47 Å². The molecule has 0 bridgehead atoms. The molecule has 1 unspecified atom stereocenters. The summed E-state index contributed by atoms with van der Waals surface area (Å²) in [5, 5.41) is 9.90. The van der Waals surface area contributed by atoms with Crippen molar-refractivity contribution >= 4 is 10.0 Å². The normalized spacial score (nSPS) is 14.8. The molecule has 0 saturated carbocycles. The van der Waals surface area contributed by atoms with Gasteiger partial charge in [-0.1, -0.05) is 0 Å². The topological polar surface area (TPSA) is 84.9 Å². The summed E-state index contributed by atoms with van der Waals surface area (Å²) in [5.41, 5.74) is -0.689. The van der Waals surface area contributed by atoms with Gasteiger partial charge in [0.15, 0.2) is 0 Å². The lowest BCUT2D eigenvalue weighted by atomic mass is 10.1. The number of nitrogens with one attached hydrogen (secondary N) is 1. The molecular weight excluding hydrogens is 282 g/mol. The van der Waals surface area contributed by atoms with Gasteiger partial charge < -0.3 is 14.6 Å². The molecule has 1 rings (SSSR count). The molecule has 0 amide bonds. The predicted molar refractivity (Wildman–Crippen MR) is 75.4 cm³/mol. The summed E-state index contributed by atoms with van der Waals surface area (Å²) >= 11 is 0. The van der Waals surface area contributed by atoms with E-state index < -0.39 is 15.6 Å².